The Bertz CT molecular complexity index is 508. The van der Waals surface area contributed by atoms with Crippen molar-refractivity contribution in [1.82, 2.24) is 10.2 Å². The Morgan fingerprint density at radius 3 is 2.55 bits per heavy atom. The summed E-state index contributed by atoms with van der Waals surface area (Å²) in [5.74, 6) is 1.12. The highest BCUT2D eigenvalue weighted by atomic mass is 16.5. The summed E-state index contributed by atoms with van der Waals surface area (Å²) < 4.78 is 16.2. The molecule has 1 aromatic rings. The first-order valence-electron chi connectivity index (χ1n) is 7.36. The average Bonchev–Trinajstić information content (AvgIpc) is 2.53. The lowest BCUT2D eigenvalue weighted by Gasteiger charge is -2.30. The predicted octanol–water partition coefficient (Wildman–Crippen LogP) is 1.07. The van der Waals surface area contributed by atoms with Gasteiger partial charge in [-0.25, -0.2) is 0 Å². The number of carbonyl (C=O) groups is 1. The molecule has 22 heavy (non-hydrogen) atoms. The number of amides is 1. The van der Waals surface area contributed by atoms with Crippen LogP contribution in [0.1, 0.15) is 15.9 Å². The zero-order valence-corrected chi connectivity index (χ0v) is 13.6. The number of benzene rings is 1. The van der Waals surface area contributed by atoms with Gasteiger partial charge in [-0.1, -0.05) is 0 Å². The Morgan fingerprint density at radius 2 is 2.00 bits per heavy atom. The molecule has 1 heterocycles. The Balaban J connectivity index is 2.03. The van der Waals surface area contributed by atoms with E-state index in [1.54, 1.807) is 26.4 Å². The minimum Gasteiger partial charge on any atom is -0.496 e. The van der Waals surface area contributed by atoms with Crippen molar-refractivity contribution in [2.24, 2.45) is 0 Å². The normalized spacial score (nSPS) is 18.8. The molecular weight excluding hydrogens is 284 g/mol. The number of nitrogens with zero attached hydrogens (tertiary/aromatic N) is 1. The Labute approximate surface area is 131 Å². The van der Waals surface area contributed by atoms with Gasteiger partial charge in [0.1, 0.15) is 11.5 Å². The maximum absolute atomic E-state index is 12.3. The summed E-state index contributed by atoms with van der Waals surface area (Å²) in [7, 11) is 5.21. The molecule has 1 aliphatic heterocycles. The van der Waals surface area contributed by atoms with Crippen LogP contribution in [-0.4, -0.2) is 64.4 Å². The molecular formula is C16H24N2O4. The number of methoxy groups -OCH3 is 2. The van der Waals surface area contributed by atoms with E-state index in [4.69, 9.17) is 14.2 Å². The molecule has 122 valence electrons. The van der Waals surface area contributed by atoms with E-state index in [9.17, 15) is 4.79 Å². The molecule has 0 aliphatic carbocycles. The highest BCUT2D eigenvalue weighted by Gasteiger charge is 2.19. The van der Waals surface area contributed by atoms with Gasteiger partial charge in [0.2, 0.25) is 0 Å². The minimum atomic E-state index is -0.159. The van der Waals surface area contributed by atoms with Gasteiger partial charge in [0.05, 0.1) is 26.9 Å². The number of ether oxygens (including phenoxy) is 3. The van der Waals surface area contributed by atoms with E-state index >= 15 is 0 Å². The van der Waals surface area contributed by atoms with Crippen molar-refractivity contribution in [3.8, 4) is 11.5 Å². The summed E-state index contributed by atoms with van der Waals surface area (Å²) in [6.07, 6.45) is 0.0249. The van der Waals surface area contributed by atoms with E-state index in [0.29, 0.717) is 30.2 Å². The number of morpholine rings is 1. The fourth-order valence-electron chi connectivity index (χ4n) is 2.52. The molecule has 1 amide bonds. The van der Waals surface area contributed by atoms with Crippen molar-refractivity contribution < 1.29 is 19.0 Å². The van der Waals surface area contributed by atoms with Gasteiger partial charge in [0.25, 0.3) is 5.91 Å². The van der Waals surface area contributed by atoms with Crippen LogP contribution < -0.4 is 14.8 Å². The quantitative estimate of drug-likeness (QED) is 0.882. The van der Waals surface area contributed by atoms with Crippen molar-refractivity contribution in [2.45, 2.75) is 13.0 Å². The van der Waals surface area contributed by atoms with Crippen molar-refractivity contribution in [1.29, 1.82) is 0 Å². The molecule has 0 aromatic heterocycles. The second-order valence-electron chi connectivity index (χ2n) is 5.47. The van der Waals surface area contributed by atoms with E-state index in [-0.39, 0.29) is 12.0 Å². The number of carbonyl (C=O) groups excluding carboxylic acids is 1. The van der Waals surface area contributed by atoms with E-state index in [0.717, 1.165) is 18.7 Å². The summed E-state index contributed by atoms with van der Waals surface area (Å²) >= 11 is 0. The number of rotatable bonds is 5. The predicted molar refractivity (Wildman–Crippen MR) is 83.9 cm³/mol. The molecule has 0 spiro atoms. The molecule has 0 bridgehead atoms. The van der Waals surface area contributed by atoms with Gasteiger partial charge in [-0.05, 0) is 26.1 Å². The number of likely N-dealkylation sites (N-methyl/N-ethyl adjacent to an activating group) is 1. The third-order valence-electron chi connectivity index (χ3n) is 3.85. The van der Waals surface area contributed by atoms with Crippen LogP contribution in [0.3, 0.4) is 0 Å². The van der Waals surface area contributed by atoms with Gasteiger partial charge < -0.3 is 24.4 Å². The van der Waals surface area contributed by atoms with Gasteiger partial charge in [-0.15, -0.1) is 0 Å². The summed E-state index contributed by atoms with van der Waals surface area (Å²) in [6, 6.07) is 3.45. The molecule has 0 radical (unpaired) electrons. The van der Waals surface area contributed by atoms with Gasteiger partial charge in [0, 0.05) is 30.8 Å². The van der Waals surface area contributed by atoms with Crippen LogP contribution in [-0.2, 0) is 4.74 Å². The lowest BCUT2D eigenvalue weighted by molar-refractivity contribution is -0.0175. The molecule has 1 saturated heterocycles. The summed E-state index contributed by atoms with van der Waals surface area (Å²) in [5.41, 5.74) is 1.39. The largest absolute Gasteiger partial charge is 0.496 e. The average molecular weight is 308 g/mol. The van der Waals surface area contributed by atoms with E-state index < -0.39 is 0 Å². The fourth-order valence-corrected chi connectivity index (χ4v) is 2.52. The smallest absolute Gasteiger partial charge is 0.251 e. The Morgan fingerprint density at radius 1 is 1.36 bits per heavy atom. The second kappa shape index (κ2) is 7.47. The third kappa shape index (κ3) is 3.90. The lowest BCUT2D eigenvalue weighted by Crippen LogP contribution is -2.45. The first kappa shape index (κ1) is 16.6. The monoisotopic (exact) mass is 308 g/mol. The molecule has 0 saturated carbocycles. The summed E-state index contributed by atoms with van der Waals surface area (Å²) in [5, 5.41) is 2.91. The van der Waals surface area contributed by atoms with Crippen molar-refractivity contribution >= 4 is 5.91 Å². The Hall–Kier alpha value is -1.79. The maximum atomic E-state index is 12.3. The first-order valence-corrected chi connectivity index (χ1v) is 7.36. The molecule has 1 fully saturated rings. The van der Waals surface area contributed by atoms with Crippen LogP contribution in [0.4, 0.5) is 0 Å². The van der Waals surface area contributed by atoms with E-state index in [1.807, 2.05) is 14.0 Å². The highest BCUT2D eigenvalue weighted by molar-refractivity contribution is 5.95. The van der Waals surface area contributed by atoms with Gasteiger partial charge >= 0.3 is 0 Å². The Kier molecular flexibility index (Phi) is 5.63. The highest BCUT2D eigenvalue weighted by Crippen LogP contribution is 2.29. The van der Waals surface area contributed by atoms with E-state index in [2.05, 4.69) is 10.2 Å². The van der Waals surface area contributed by atoms with Crippen LogP contribution in [0.5, 0.6) is 11.5 Å². The molecule has 2 rings (SSSR count). The van der Waals surface area contributed by atoms with Crippen LogP contribution in [0.15, 0.2) is 12.1 Å². The van der Waals surface area contributed by atoms with E-state index in [1.165, 1.54) is 0 Å². The SMILES string of the molecule is COc1cc(C(=O)NC[C@@H]2CN(C)CCO2)cc(OC)c1C. The number of hydrogen-bond acceptors (Lipinski definition) is 5. The number of nitrogens with one attached hydrogen (secondary N) is 1. The summed E-state index contributed by atoms with van der Waals surface area (Å²) in [6.45, 7) is 4.83. The zero-order chi connectivity index (χ0) is 16.1. The van der Waals surface area contributed by atoms with Crippen molar-refractivity contribution in [2.75, 3.05) is 47.5 Å². The minimum absolute atomic E-state index is 0.0249. The molecule has 1 aromatic carbocycles. The molecule has 1 aliphatic rings. The molecule has 1 N–H and O–H groups in total. The van der Waals surface area contributed by atoms with Crippen LogP contribution in [0.2, 0.25) is 0 Å². The van der Waals surface area contributed by atoms with Crippen molar-refractivity contribution in [3.63, 3.8) is 0 Å². The molecule has 1 atom stereocenters. The molecule has 6 nitrogen and oxygen atoms in total. The third-order valence-corrected chi connectivity index (χ3v) is 3.85. The standard InChI is InChI=1S/C16H24N2O4/c1-11-14(20-3)7-12(8-15(11)21-4)16(19)17-9-13-10-18(2)5-6-22-13/h7-8,13H,5-6,9-10H2,1-4H3,(H,17,19)/t13-/m1/s1. The fraction of sp³-hybridized carbons (Fsp3) is 0.562. The van der Waals surface area contributed by atoms with Crippen LogP contribution in [0, 0.1) is 6.92 Å². The maximum Gasteiger partial charge on any atom is 0.251 e. The first-order chi connectivity index (χ1) is 10.5. The van der Waals surface area contributed by atoms with Crippen LogP contribution >= 0.6 is 0 Å². The number of hydrogen-bond donors (Lipinski definition) is 1. The summed E-state index contributed by atoms with van der Waals surface area (Å²) in [4.78, 5) is 14.5. The van der Waals surface area contributed by atoms with Gasteiger partial charge in [0.15, 0.2) is 0 Å². The van der Waals surface area contributed by atoms with Gasteiger partial charge in [-0.2, -0.15) is 0 Å². The second-order valence-corrected chi connectivity index (χ2v) is 5.47. The molecule has 6 heteroatoms. The van der Waals surface area contributed by atoms with Crippen LogP contribution in [0.25, 0.3) is 0 Å². The molecule has 0 unspecified atom stereocenters. The zero-order valence-electron chi connectivity index (χ0n) is 13.6. The van der Waals surface area contributed by atoms with Gasteiger partial charge in [-0.3, -0.25) is 4.79 Å². The topological polar surface area (TPSA) is 60.0 Å². The van der Waals surface area contributed by atoms with Crippen molar-refractivity contribution in [3.05, 3.63) is 23.3 Å². The lowest BCUT2D eigenvalue weighted by atomic mass is 10.1.